The zero-order valence-corrected chi connectivity index (χ0v) is 15.4. The molecule has 0 unspecified atom stereocenters. The van der Waals surface area contributed by atoms with E-state index in [9.17, 15) is 5.11 Å². The van der Waals surface area contributed by atoms with Gasteiger partial charge in [0, 0.05) is 43.6 Å². The number of aromatic hydroxyl groups is 1. The van der Waals surface area contributed by atoms with Crippen LogP contribution in [0.25, 0.3) is 11.3 Å². The van der Waals surface area contributed by atoms with Crippen LogP contribution in [0.2, 0.25) is 0 Å². The highest BCUT2D eigenvalue weighted by molar-refractivity contribution is 5.67. The molecule has 1 fully saturated rings. The number of hydrogen-bond acceptors (Lipinski definition) is 6. The summed E-state index contributed by atoms with van der Waals surface area (Å²) in [6.45, 7) is 8.75. The Balaban J connectivity index is 1.65. The van der Waals surface area contributed by atoms with Crippen LogP contribution in [0.5, 0.6) is 11.5 Å². The second kappa shape index (κ2) is 7.21. The number of aromatic nitrogens is 2. The molecule has 2 aliphatic rings. The zero-order valence-electron chi connectivity index (χ0n) is 15.4. The van der Waals surface area contributed by atoms with E-state index in [0.717, 1.165) is 67.5 Å². The Labute approximate surface area is 153 Å². The lowest BCUT2D eigenvalue weighted by Crippen LogP contribution is -2.31. The fraction of sp³-hybridized carbons (Fsp3) is 0.500. The standard InChI is InChI=1S/C20H25N3O3/c1-13-9-21-14(2)19(22-13)16-7-17-11-23(10-15-3-5-25-12-15)4-6-26-20(17)18(24)8-16/h7-9,15,24H,3-6,10-12H2,1-2H3/t15-/m0/s1. The van der Waals surface area contributed by atoms with Crippen molar-refractivity contribution in [3.63, 3.8) is 0 Å². The molecule has 0 amide bonds. The number of rotatable bonds is 3. The van der Waals surface area contributed by atoms with Gasteiger partial charge in [-0.2, -0.15) is 0 Å². The molecule has 138 valence electrons. The molecule has 3 heterocycles. The van der Waals surface area contributed by atoms with Crippen molar-refractivity contribution in [2.75, 3.05) is 32.9 Å². The van der Waals surface area contributed by atoms with Crippen molar-refractivity contribution in [1.82, 2.24) is 14.9 Å². The predicted octanol–water partition coefficient (Wildman–Crippen LogP) is 2.70. The molecule has 6 nitrogen and oxygen atoms in total. The van der Waals surface area contributed by atoms with E-state index in [2.05, 4.69) is 20.9 Å². The Bertz CT molecular complexity index is 803. The first-order chi connectivity index (χ1) is 12.6. The molecule has 1 aromatic carbocycles. The number of phenols is 1. The fourth-order valence-electron chi connectivity index (χ4n) is 3.75. The average Bonchev–Trinajstić information content (AvgIpc) is 3.03. The minimum Gasteiger partial charge on any atom is -0.504 e. The van der Waals surface area contributed by atoms with Crippen LogP contribution in [-0.4, -0.2) is 52.9 Å². The number of hydrogen-bond donors (Lipinski definition) is 1. The highest BCUT2D eigenvalue weighted by atomic mass is 16.5. The third kappa shape index (κ3) is 3.52. The molecule has 0 aliphatic carbocycles. The predicted molar refractivity (Wildman–Crippen MR) is 98.3 cm³/mol. The summed E-state index contributed by atoms with van der Waals surface area (Å²) in [4.78, 5) is 11.4. The highest BCUT2D eigenvalue weighted by Crippen LogP contribution is 2.38. The molecule has 26 heavy (non-hydrogen) atoms. The Hall–Kier alpha value is -2.18. The number of phenolic OH excluding ortho intramolecular Hbond substituents is 1. The number of ether oxygens (including phenoxy) is 2. The molecule has 1 saturated heterocycles. The first kappa shape index (κ1) is 17.2. The first-order valence-corrected chi connectivity index (χ1v) is 9.19. The Morgan fingerprint density at radius 3 is 2.96 bits per heavy atom. The molecular formula is C20H25N3O3. The monoisotopic (exact) mass is 355 g/mol. The van der Waals surface area contributed by atoms with Crippen LogP contribution in [0.1, 0.15) is 23.4 Å². The van der Waals surface area contributed by atoms with Gasteiger partial charge in [-0.25, -0.2) is 4.98 Å². The lowest BCUT2D eigenvalue weighted by molar-refractivity contribution is 0.159. The van der Waals surface area contributed by atoms with Crippen molar-refractivity contribution in [2.24, 2.45) is 5.92 Å². The van der Waals surface area contributed by atoms with Crippen molar-refractivity contribution in [1.29, 1.82) is 0 Å². The van der Waals surface area contributed by atoms with Gasteiger partial charge in [0.1, 0.15) is 6.61 Å². The Morgan fingerprint density at radius 1 is 1.27 bits per heavy atom. The van der Waals surface area contributed by atoms with Crippen LogP contribution < -0.4 is 4.74 Å². The minimum atomic E-state index is 0.172. The third-order valence-electron chi connectivity index (χ3n) is 5.08. The van der Waals surface area contributed by atoms with E-state index < -0.39 is 0 Å². The van der Waals surface area contributed by atoms with Gasteiger partial charge in [-0.05, 0) is 38.3 Å². The van der Waals surface area contributed by atoms with Gasteiger partial charge < -0.3 is 14.6 Å². The molecular weight excluding hydrogens is 330 g/mol. The van der Waals surface area contributed by atoms with Gasteiger partial charge in [0.25, 0.3) is 0 Å². The van der Waals surface area contributed by atoms with Crippen LogP contribution in [0.15, 0.2) is 18.3 Å². The number of benzene rings is 1. The van der Waals surface area contributed by atoms with E-state index >= 15 is 0 Å². The van der Waals surface area contributed by atoms with Crippen molar-refractivity contribution < 1.29 is 14.6 Å². The topological polar surface area (TPSA) is 67.7 Å². The lowest BCUT2D eigenvalue weighted by Gasteiger charge is -2.22. The van der Waals surface area contributed by atoms with Gasteiger partial charge in [-0.1, -0.05) is 0 Å². The van der Waals surface area contributed by atoms with Crippen molar-refractivity contribution in [2.45, 2.75) is 26.8 Å². The first-order valence-electron chi connectivity index (χ1n) is 9.19. The van der Waals surface area contributed by atoms with Gasteiger partial charge in [-0.3, -0.25) is 9.88 Å². The molecule has 0 radical (unpaired) electrons. The van der Waals surface area contributed by atoms with E-state index in [1.165, 1.54) is 0 Å². The Morgan fingerprint density at radius 2 is 2.15 bits per heavy atom. The summed E-state index contributed by atoms with van der Waals surface area (Å²) in [6.07, 6.45) is 2.88. The van der Waals surface area contributed by atoms with E-state index in [-0.39, 0.29) is 5.75 Å². The van der Waals surface area contributed by atoms with E-state index in [1.807, 2.05) is 13.8 Å². The van der Waals surface area contributed by atoms with Crippen LogP contribution in [-0.2, 0) is 11.3 Å². The van der Waals surface area contributed by atoms with Crippen LogP contribution in [0, 0.1) is 19.8 Å². The number of nitrogens with zero attached hydrogens (tertiary/aromatic N) is 3. The Kier molecular flexibility index (Phi) is 4.78. The van der Waals surface area contributed by atoms with Crippen molar-refractivity contribution in [3.8, 4) is 22.8 Å². The second-order valence-electron chi connectivity index (χ2n) is 7.24. The normalized spacial score (nSPS) is 20.5. The quantitative estimate of drug-likeness (QED) is 0.913. The van der Waals surface area contributed by atoms with Gasteiger partial charge in [0.05, 0.1) is 23.7 Å². The third-order valence-corrected chi connectivity index (χ3v) is 5.08. The summed E-state index contributed by atoms with van der Waals surface area (Å²) in [7, 11) is 0. The van der Waals surface area contributed by atoms with E-state index in [0.29, 0.717) is 18.3 Å². The number of fused-ring (bicyclic) bond motifs is 1. The minimum absolute atomic E-state index is 0.172. The van der Waals surface area contributed by atoms with Gasteiger partial charge in [-0.15, -0.1) is 0 Å². The summed E-state index contributed by atoms with van der Waals surface area (Å²) in [6, 6.07) is 3.81. The SMILES string of the molecule is Cc1cnc(C)c(-c2cc(O)c3c(c2)CN(C[C@@H]2CCOC2)CCO3)n1. The molecule has 0 bridgehead atoms. The highest BCUT2D eigenvalue weighted by Gasteiger charge is 2.24. The molecule has 2 aromatic rings. The summed E-state index contributed by atoms with van der Waals surface area (Å²) in [5.74, 6) is 1.35. The fourth-order valence-corrected chi connectivity index (χ4v) is 3.75. The van der Waals surface area contributed by atoms with Crippen molar-refractivity contribution >= 4 is 0 Å². The molecule has 0 spiro atoms. The molecule has 1 aromatic heterocycles. The van der Waals surface area contributed by atoms with E-state index in [1.54, 1.807) is 12.3 Å². The zero-order chi connectivity index (χ0) is 18.1. The number of aryl methyl sites for hydroxylation is 2. The van der Waals surface area contributed by atoms with Crippen LogP contribution in [0.3, 0.4) is 0 Å². The average molecular weight is 355 g/mol. The summed E-state index contributed by atoms with van der Waals surface area (Å²) >= 11 is 0. The molecule has 6 heteroatoms. The lowest BCUT2D eigenvalue weighted by atomic mass is 10.0. The van der Waals surface area contributed by atoms with Gasteiger partial charge in [0.15, 0.2) is 11.5 Å². The summed E-state index contributed by atoms with van der Waals surface area (Å²) < 4.78 is 11.4. The maximum atomic E-state index is 10.5. The second-order valence-corrected chi connectivity index (χ2v) is 7.24. The molecule has 0 saturated carbocycles. The van der Waals surface area contributed by atoms with Crippen LogP contribution in [0.4, 0.5) is 0 Å². The largest absolute Gasteiger partial charge is 0.504 e. The van der Waals surface area contributed by atoms with Gasteiger partial charge in [0.2, 0.25) is 0 Å². The van der Waals surface area contributed by atoms with E-state index in [4.69, 9.17) is 9.47 Å². The molecule has 1 atom stereocenters. The summed E-state index contributed by atoms with van der Waals surface area (Å²) in [5.41, 5.74) is 4.40. The van der Waals surface area contributed by atoms with Crippen LogP contribution >= 0.6 is 0 Å². The van der Waals surface area contributed by atoms with Crippen molar-refractivity contribution in [3.05, 3.63) is 35.3 Å². The van der Waals surface area contributed by atoms with Gasteiger partial charge >= 0.3 is 0 Å². The maximum absolute atomic E-state index is 10.5. The smallest absolute Gasteiger partial charge is 0.165 e. The molecule has 4 rings (SSSR count). The summed E-state index contributed by atoms with van der Waals surface area (Å²) in [5, 5.41) is 10.5. The molecule has 1 N–H and O–H groups in total. The maximum Gasteiger partial charge on any atom is 0.165 e. The molecule has 2 aliphatic heterocycles.